The van der Waals surface area contributed by atoms with Crippen LogP contribution in [0.5, 0.6) is 0 Å². The zero-order valence-electron chi connectivity index (χ0n) is 19.0. The largest absolute Gasteiger partial charge is 0.103 e. The van der Waals surface area contributed by atoms with E-state index < -0.39 is 0 Å². The van der Waals surface area contributed by atoms with Crippen LogP contribution in [0, 0.1) is 29.6 Å². The van der Waals surface area contributed by atoms with E-state index in [1.807, 2.05) is 6.08 Å². The van der Waals surface area contributed by atoms with Gasteiger partial charge in [0.2, 0.25) is 0 Å². The molecule has 3 aliphatic carbocycles. The number of hydrogen-bond acceptors (Lipinski definition) is 0. The first-order valence-corrected chi connectivity index (χ1v) is 13.0. The molecule has 29 heavy (non-hydrogen) atoms. The van der Waals surface area contributed by atoms with E-state index in [0.29, 0.717) is 0 Å². The van der Waals surface area contributed by atoms with Crippen LogP contribution in [-0.4, -0.2) is 0 Å². The van der Waals surface area contributed by atoms with E-state index in [-0.39, 0.29) is 0 Å². The predicted octanol–water partition coefficient (Wildman–Crippen LogP) is 8.32. The van der Waals surface area contributed by atoms with Crippen LogP contribution < -0.4 is 0 Å². The molecule has 1 aromatic rings. The lowest BCUT2D eigenvalue weighted by Gasteiger charge is -2.45. The molecule has 0 nitrogen and oxygen atoms in total. The minimum Gasteiger partial charge on any atom is -0.103 e. The van der Waals surface area contributed by atoms with Crippen molar-refractivity contribution in [1.82, 2.24) is 0 Å². The van der Waals surface area contributed by atoms with Crippen molar-refractivity contribution in [3.63, 3.8) is 0 Å². The summed E-state index contributed by atoms with van der Waals surface area (Å²) in [5.74, 6) is 5.19. The van der Waals surface area contributed by atoms with Crippen LogP contribution >= 0.6 is 0 Å². The van der Waals surface area contributed by atoms with Gasteiger partial charge in [0.15, 0.2) is 0 Å². The predicted molar refractivity (Wildman–Crippen MR) is 126 cm³/mol. The lowest BCUT2D eigenvalue weighted by atomic mass is 9.61. The molecule has 0 spiro atoms. The number of unbranched alkanes of at least 4 members (excludes halogenated alkanes) is 2. The molecule has 0 aliphatic heterocycles. The van der Waals surface area contributed by atoms with Crippen molar-refractivity contribution in [3.05, 3.63) is 47.5 Å². The summed E-state index contributed by atoms with van der Waals surface area (Å²) >= 11 is 0. The van der Waals surface area contributed by atoms with Gasteiger partial charge in [0.05, 0.1) is 0 Å². The molecule has 0 N–H and O–H groups in total. The number of aryl methyl sites for hydroxylation is 2. The van der Waals surface area contributed by atoms with E-state index in [4.69, 9.17) is 0 Å². The molecule has 0 heteroatoms. The fourth-order valence-corrected chi connectivity index (χ4v) is 7.06. The summed E-state index contributed by atoms with van der Waals surface area (Å²) in [5.41, 5.74) is 4.84. The molecule has 0 amide bonds. The number of rotatable bonds is 8. The van der Waals surface area contributed by atoms with Gasteiger partial charge < -0.3 is 0 Å². The molecule has 4 rings (SSSR count). The molecule has 3 aliphatic rings. The molecule has 2 saturated carbocycles. The smallest absolute Gasteiger partial charge is 0.0244 e. The topological polar surface area (TPSA) is 0 Å². The Balaban J connectivity index is 1.29. The molecule has 0 bridgehead atoms. The Morgan fingerprint density at radius 3 is 2.52 bits per heavy atom. The highest BCUT2D eigenvalue weighted by molar-refractivity contribution is 5.34. The number of hydrogen-bond donors (Lipinski definition) is 0. The van der Waals surface area contributed by atoms with Gasteiger partial charge in [-0.15, -0.1) is 6.58 Å². The highest BCUT2D eigenvalue weighted by Gasteiger charge is 2.38. The summed E-state index contributed by atoms with van der Waals surface area (Å²) in [6.45, 7) is 6.21. The van der Waals surface area contributed by atoms with Gasteiger partial charge in [-0.2, -0.15) is 0 Å². The fraction of sp³-hybridized carbons (Fsp3) is 0.724. The van der Waals surface area contributed by atoms with E-state index in [2.05, 4.69) is 31.7 Å². The second-order valence-electron chi connectivity index (χ2n) is 10.7. The second kappa shape index (κ2) is 10.3. The Morgan fingerprint density at radius 1 is 0.897 bits per heavy atom. The number of allylic oxidation sites excluding steroid dienone is 1. The van der Waals surface area contributed by atoms with E-state index in [1.165, 1.54) is 56.9 Å². The van der Waals surface area contributed by atoms with Crippen LogP contribution in [0.3, 0.4) is 0 Å². The van der Waals surface area contributed by atoms with Crippen LogP contribution in [-0.2, 0) is 19.3 Å². The van der Waals surface area contributed by atoms with Crippen LogP contribution in [0.1, 0.15) is 101 Å². The molecule has 0 radical (unpaired) electrons. The van der Waals surface area contributed by atoms with E-state index in [0.717, 1.165) is 42.4 Å². The highest BCUT2D eigenvalue weighted by Crippen LogP contribution is 2.49. The maximum Gasteiger partial charge on any atom is -0.0244 e. The van der Waals surface area contributed by atoms with Gasteiger partial charge in [-0.3, -0.25) is 0 Å². The number of benzene rings is 1. The molecular weight excluding hydrogens is 348 g/mol. The van der Waals surface area contributed by atoms with E-state index in [9.17, 15) is 0 Å². The van der Waals surface area contributed by atoms with Crippen molar-refractivity contribution in [2.45, 2.75) is 103 Å². The van der Waals surface area contributed by atoms with Crippen molar-refractivity contribution >= 4 is 0 Å². The Labute approximate surface area is 180 Å². The minimum absolute atomic E-state index is 0.963. The van der Waals surface area contributed by atoms with Gasteiger partial charge in [-0.05, 0) is 110 Å². The Morgan fingerprint density at radius 2 is 1.69 bits per heavy atom. The third kappa shape index (κ3) is 5.36. The van der Waals surface area contributed by atoms with Gasteiger partial charge in [-0.25, -0.2) is 0 Å². The first-order chi connectivity index (χ1) is 14.3. The van der Waals surface area contributed by atoms with Gasteiger partial charge in [-0.1, -0.05) is 63.3 Å². The monoisotopic (exact) mass is 392 g/mol. The highest BCUT2D eigenvalue weighted by atomic mass is 14.4. The molecule has 0 aromatic heterocycles. The standard InChI is InChI=1S/C29H44/c1-3-5-7-9-23-11-13-27-21-29(17-15-25(27)19-23)28-16-14-24-18-22(8-6-4-2)10-12-26(24)20-28/h4,10,12,18,23,25,27-29H,2-3,5-9,11,13-17,19-21H2,1H3. The van der Waals surface area contributed by atoms with Crippen molar-refractivity contribution in [3.8, 4) is 0 Å². The molecular formula is C29H44. The minimum atomic E-state index is 0.963. The van der Waals surface area contributed by atoms with Crippen molar-refractivity contribution < 1.29 is 0 Å². The second-order valence-corrected chi connectivity index (χ2v) is 10.7. The van der Waals surface area contributed by atoms with Crippen LogP contribution in [0.15, 0.2) is 30.9 Å². The summed E-state index contributed by atoms with van der Waals surface area (Å²) < 4.78 is 0. The zero-order valence-corrected chi connectivity index (χ0v) is 19.0. The fourth-order valence-electron chi connectivity index (χ4n) is 7.06. The number of fused-ring (bicyclic) bond motifs is 2. The molecule has 0 heterocycles. The zero-order chi connectivity index (χ0) is 20.1. The summed E-state index contributed by atoms with van der Waals surface area (Å²) in [6.07, 6.45) is 23.6. The first kappa shape index (κ1) is 21.2. The van der Waals surface area contributed by atoms with Crippen LogP contribution in [0.2, 0.25) is 0 Å². The molecule has 2 fully saturated rings. The molecule has 5 atom stereocenters. The molecule has 160 valence electrons. The average molecular weight is 393 g/mol. The SMILES string of the molecule is C=CCCc1ccc2c(c1)CCC(C1CCC3CC(CCCCC)CCC3C1)C2. The lowest BCUT2D eigenvalue weighted by Crippen LogP contribution is -2.35. The summed E-state index contributed by atoms with van der Waals surface area (Å²) in [5, 5.41) is 0. The third-order valence-electron chi connectivity index (χ3n) is 8.82. The Bertz CT molecular complexity index is 656. The third-order valence-corrected chi connectivity index (χ3v) is 8.82. The van der Waals surface area contributed by atoms with Crippen molar-refractivity contribution in [1.29, 1.82) is 0 Å². The summed E-state index contributed by atoms with van der Waals surface area (Å²) in [7, 11) is 0. The molecule has 1 aromatic carbocycles. The maximum atomic E-state index is 3.87. The lowest BCUT2D eigenvalue weighted by molar-refractivity contribution is 0.0690. The van der Waals surface area contributed by atoms with Gasteiger partial charge in [0, 0.05) is 0 Å². The first-order valence-electron chi connectivity index (χ1n) is 13.0. The van der Waals surface area contributed by atoms with Crippen LogP contribution in [0.25, 0.3) is 0 Å². The van der Waals surface area contributed by atoms with E-state index in [1.54, 1.807) is 43.2 Å². The maximum absolute atomic E-state index is 3.87. The van der Waals surface area contributed by atoms with E-state index >= 15 is 0 Å². The van der Waals surface area contributed by atoms with Crippen LogP contribution in [0.4, 0.5) is 0 Å². The van der Waals surface area contributed by atoms with Gasteiger partial charge in [0.25, 0.3) is 0 Å². The summed E-state index contributed by atoms with van der Waals surface area (Å²) in [4.78, 5) is 0. The van der Waals surface area contributed by atoms with Crippen molar-refractivity contribution in [2.75, 3.05) is 0 Å². The van der Waals surface area contributed by atoms with Gasteiger partial charge >= 0.3 is 0 Å². The quantitative estimate of drug-likeness (QED) is 0.308. The Hall–Kier alpha value is -1.04. The molecule has 0 saturated heterocycles. The van der Waals surface area contributed by atoms with Crippen molar-refractivity contribution in [2.24, 2.45) is 29.6 Å². The van der Waals surface area contributed by atoms with Gasteiger partial charge in [0.1, 0.15) is 0 Å². The molecule has 5 unspecified atom stereocenters. The normalized spacial score (nSPS) is 31.7. The average Bonchev–Trinajstić information content (AvgIpc) is 2.77. The summed E-state index contributed by atoms with van der Waals surface area (Å²) in [6, 6.07) is 7.36. The Kier molecular flexibility index (Phi) is 7.54.